The minimum atomic E-state index is -4.04. The molecule has 9 nitrogen and oxygen atoms in total. The Hall–Kier alpha value is -3.53. The van der Waals surface area contributed by atoms with Crippen LogP contribution in [0.15, 0.2) is 65.7 Å². The van der Waals surface area contributed by atoms with Crippen molar-refractivity contribution in [1.29, 1.82) is 0 Å². The lowest BCUT2D eigenvalue weighted by Crippen LogP contribution is -2.30. The van der Waals surface area contributed by atoms with Gasteiger partial charge in [0, 0.05) is 30.9 Å². The van der Waals surface area contributed by atoms with E-state index in [2.05, 4.69) is 5.10 Å². The Bertz CT molecular complexity index is 1110. The number of nitro benzene ring substituents is 1. The van der Waals surface area contributed by atoms with Crippen molar-refractivity contribution >= 4 is 21.6 Å². The molecule has 0 fully saturated rings. The van der Waals surface area contributed by atoms with Crippen LogP contribution in [-0.4, -0.2) is 29.0 Å². The molecule has 0 saturated heterocycles. The van der Waals surface area contributed by atoms with Gasteiger partial charge in [-0.1, -0.05) is 18.2 Å². The number of nitrogens with one attached hydrogen (secondary N) is 1. The molecule has 0 aliphatic rings. The summed E-state index contributed by atoms with van der Waals surface area (Å²) in [7, 11) is -2.46. The third-order valence-electron chi connectivity index (χ3n) is 3.71. The van der Waals surface area contributed by atoms with Gasteiger partial charge in [-0.15, -0.1) is 0 Å². The molecule has 0 radical (unpaired) electrons. The van der Waals surface area contributed by atoms with Crippen LogP contribution in [0.3, 0.4) is 0 Å². The fourth-order valence-corrected chi connectivity index (χ4v) is 3.43. The summed E-state index contributed by atoms with van der Waals surface area (Å²) < 4.78 is 28.1. The molecular formula is C17H14N4O5S. The number of rotatable bonds is 5. The molecule has 2 aromatic carbocycles. The highest BCUT2D eigenvalue weighted by Gasteiger charge is 2.23. The second kappa shape index (κ2) is 7.00. The fourth-order valence-electron chi connectivity index (χ4n) is 2.44. The van der Waals surface area contributed by atoms with E-state index < -0.39 is 20.9 Å². The summed E-state index contributed by atoms with van der Waals surface area (Å²) in [5, 5.41) is 14.9. The van der Waals surface area contributed by atoms with Gasteiger partial charge in [-0.3, -0.25) is 19.6 Å². The van der Waals surface area contributed by atoms with E-state index in [-0.39, 0.29) is 21.8 Å². The molecule has 1 heterocycles. The Morgan fingerprint density at radius 1 is 1.11 bits per heavy atom. The number of nitrogens with zero attached hydrogens (tertiary/aromatic N) is 3. The molecule has 1 amide bonds. The summed E-state index contributed by atoms with van der Waals surface area (Å²) in [5.74, 6) is -0.847. The normalized spacial score (nSPS) is 11.1. The zero-order valence-corrected chi connectivity index (χ0v) is 14.9. The maximum Gasteiger partial charge on any atom is 0.269 e. The van der Waals surface area contributed by atoms with Gasteiger partial charge >= 0.3 is 0 Å². The maximum atomic E-state index is 12.6. The van der Waals surface area contributed by atoms with Gasteiger partial charge < -0.3 is 0 Å². The van der Waals surface area contributed by atoms with Crippen molar-refractivity contribution in [1.82, 2.24) is 14.5 Å². The number of nitro groups is 1. The number of carbonyl (C=O) groups is 1. The second-order valence-electron chi connectivity index (χ2n) is 5.62. The van der Waals surface area contributed by atoms with Gasteiger partial charge in [0.1, 0.15) is 5.69 Å². The Balaban J connectivity index is 1.94. The number of carbonyl (C=O) groups excluding carboxylic acids is 1. The predicted octanol–water partition coefficient (Wildman–Crippen LogP) is 2.11. The number of aromatic nitrogens is 2. The lowest BCUT2D eigenvalue weighted by atomic mass is 10.1. The molecule has 0 bridgehead atoms. The van der Waals surface area contributed by atoms with E-state index in [9.17, 15) is 23.3 Å². The molecule has 10 heteroatoms. The zero-order valence-electron chi connectivity index (χ0n) is 14.1. The Kier molecular flexibility index (Phi) is 4.74. The van der Waals surface area contributed by atoms with Crippen molar-refractivity contribution in [3.8, 4) is 11.3 Å². The van der Waals surface area contributed by atoms with Gasteiger partial charge in [0.2, 0.25) is 0 Å². The molecule has 138 valence electrons. The molecule has 3 aromatic rings. The molecule has 0 unspecified atom stereocenters. The van der Waals surface area contributed by atoms with Crippen LogP contribution in [0.1, 0.15) is 10.4 Å². The number of sulfonamides is 1. The molecule has 1 N–H and O–H groups in total. The molecule has 0 saturated carbocycles. The molecule has 1 aromatic heterocycles. The van der Waals surface area contributed by atoms with Crippen LogP contribution in [0.25, 0.3) is 11.3 Å². The van der Waals surface area contributed by atoms with E-state index in [1.54, 1.807) is 25.2 Å². The smallest absolute Gasteiger partial charge is 0.269 e. The lowest BCUT2D eigenvalue weighted by molar-refractivity contribution is -0.384. The van der Waals surface area contributed by atoms with Crippen LogP contribution in [0.4, 0.5) is 5.69 Å². The summed E-state index contributed by atoms with van der Waals surface area (Å²) in [6, 6.07) is 13.0. The number of hydrogen-bond acceptors (Lipinski definition) is 6. The van der Waals surface area contributed by atoms with Crippen LogP contribution in [-0.2, 0) is 17.1 Å². The molecular weight excluding hydrogens is 372 g/mol. The topological polar surface area (TPSA) is 124 Å². The van der Waals surface area contributed by atoms with E-state index in [1.165, 1.54) is 47.3 Å². The van der Waals surface area contributed by atoms with Crippen LogP contribution in [0, 0.1) is 10.1 Å². The monoisotopic (exact) mass is 386 g/mol. The van der Waals surface area contributed by atoms with Crippen molar-refractivity contribution in [3.05, 3.63) is 76.5 Å². The molecule has 0 atom stereocenters. The predicted molar refractivity (Wildman–Crippen MR) is 96.4 cm³/mol. The van der Waals surface area contributed by atoms with E-state index in [0.717, 1.165) is 0 Å². The van der Waals surface area contributed by atoms with Crippen LogP contribution < -0.4 is 4.72 Å². The largest absolute Gasteiger partial charge is 0.274 e. The summed E-state index contributed by atoms with van der Waals surface area (Å²) in [5.41, 5.74) is 0.592. The van der Waals surface area contributed by atoms with Gasteiger partial charge in [-0.25, -0.2) is 13.1 Å². The van der Waals surface area contributed by atoms with E-state index in [4.69, 9.17) is 0 Å². The van der Waals surface area contributed by atoms with Gasteiger partial charge in [0.15, 0.2) is 0 Å². The van der Waals surface area contributed by atoms with Crippen molar-refractivity contribution < 1.29 is 18.1 Å². The van der Waals surface area contributed by atoms with Crippen molar-refractivity contribution in [2.75, 3.05) is 0 Å². The van der Waals surface area contributed by atoms with Crippen molar-refractivity contribution in [2.45, 2.75) is 4.90 Å². The summed E-state index contributed by atoms with van der Waals surface area (Å²) in [6.45, 7) is 0. The minimum absolute atomic E-state index is 0.0332. The first kappa shape index (κ1) is 18.3. The highest BCUT2D eigenvalue weighted by atomic mass is 32.2. The van der Waals surface area contributed by atoms with Crippen molar-refractivity contribution in [2.24, 2.45) is 7.05 Å². The highest BCUT2D eigenvalue weighted by Crippen LogP contribution is 2.24. The standard InChI is InChI=1S/C17H14N4O5S/c1-20-11-15(16(18-20)12-7-9-13(10-8-12)21(23)24)17(22)19-27(25,26)14-5-3-2-4-6-14/h2-11H,1H3,(H,19,22). The minimum Gasteiger partial charge on any atom is -0.274 e. The molecule has 27 heavy (non-hydrogen) atoms. The SMILES string of the molecule is Cn1cc(C(=O)NS(=O)(=O)c2ccccc2)c(-c2ccc([N+](=O)[O-])cc2)n1. The average molecular weight is 386 g/mol. The van der Waals surface area contributed by atoms with E-state index in [0.29, 0.717) is 5.56 Å². The van der Waals surface area contributed by atoms with Crippen LogP contribution in [0.5, 0.6) is 0 Å². The number of non-ortho nitro benzene ring substituents is 1. The Labute approximate surface area is 154 Å². The lowest BCUT2D eigenvalue weighted by Gasteiger charge is -2.07. The first-order valence-corrected chi connectivity index (χ1v) is 9.17. The maximum absolute atomic E-state index is 12.6. The second-order valence-corrected chi connectivity index (χ2v) is 7.30. The third kappa shape index (κ3) is 3.85. The van der Waals surface area contributed by atoms with Gasteiger partial charge in [-0.2, -0.15) is 5.10 Å². The zero-order chi connectivity index (χ0) is 19.6. The quantitative estimate of drug-likeness (QED) is 0.529. The van der Waals surface area contributed by atoms with Gasteiger partial charge in [-0.05, 0) is 24.3 Å². The van der Waals surface area contributed by atoms with Crippen LogP contribution >= 0.6 is 0 Å². The average Bonchev–Trinajstić information content (AvgIpc) is 3.04. The first-order chi connectivity index (χ1) is 12.8. The number of benzene rings is 2. The molecule has 0 aliphatic carbocycles. The summed E-state index contributed by atoms with van der Waals surface area (Å²) >= 11 is 0. The van der Waals surface area contributed by atoms with Gasteiger partial charge in [0.05, 0.1) is 15.4 Å². The highest BCUT2D eigenvalue weighted by molar-refractivity contribution is 7.90. The Morgan fingerprint density at radius 2 is 1.74 bits per heavy atom. The first-order valence-electron chi connectivity index (χ1n) is 7.68. The van der Waals surface area contributed by atoms with Gasteiger partial charge in [0.25, 0.3) is 21.6 Å². The number of aryl methyl sites for hydroxylation is 1. The number of hydrogen-bond donors (Lipinski definition) is 1. The molecule has 3 rings (SSSR count). The van der Waals surface area contributed by atoms with Crippen LogP contribution in [0.2, 0.25) is 0 Å². The van der Waals surface area contributed by atoms with E-state index in [1.807, 2.05) is 4.72 Å². The fraction of sp³-hybridized carbons (Fsp3) is 0.0588. The van der Waals surface area contributed by atoms with E-state index >= 15 is 0 Å². The third-order valence-corrected chi connectivity index (χ3v) is 5.05. The summed E-state index contributed by atoms with van der Waals surface area (Å²) in [6.07, 6.45) is 1.38. The molecule has 0 aliphatic heterocycles. The summed E-state index contributed by atoms with van der Waals surface area (Å²) in [4.78, 5) is 22.8. The molecule has 0 spiro atoms. The van der Waals surface area contributed by atoms with Crippen molar-refractivity contribution in [3.63, 3.8) is 0 Å². The number of amides is 1. The Morgan fingerprint density at radius 3 is 2.33 bits per heavy atom.